The van der Waals surface area contributed by atoms with Crippen LogP contribution in [0.1, 0.15) is 41.5 Å². The van der Waals surface area contributed by atoms with Crippen molar-refractivity contribution in [2.75, 3.05) is 0 Å². The Balaban J connectivity index is 0.000000501. The molecule has 5 rings (SSSR count). The molecule has 0 aromatic heterocycles. The van der Waals surface area contributed by atoms with E-state index in [4.69, 9.17) is 4.76 Å². The normalized spacial score (nSPS) is 27.4. The van der Waals surface area contributed by atoms with Crippen LogP contribution in [0, 0.1) is 74.5 Å². The van der Waals surface area contributed by atoms with Gasteiger partial charge in [-0.3, -0.25) is 4.76 Å². The molecule has 3 heterocycles. The van der Waals surface area contributed by atoms with E-state index in [1.165, 1.54) is 19.8 Å². The molecule has 0 aromatic carbocycles. The van der Waals surface area contributed by atoms with Crippen LogP contribution >= 0.6 is 16.3 Å². The molecule has 0 N–H and O–H groups in total. The van der Waals surface area contributed by atoms with Gasteiger partial charge >= 0.3 is 17.1 Å². The van der Waals surface area contributed by atoms with Crippen LogP contribution in [0.25, 0.3) is 0 Å². The van der Waals surface area contributed by atoms with Crippen LogP contribution in [0.2, 0.25) is 19.6 Å². The topological polar surface area (TPSA) is 12.4 Å². The number of nitrogens with zero attached hydrogens (tertiary/aromatic N) is 1. The number of rotatable bonds is 2. The van der Waals surface area contributed by atoms with Crippen molar-refractivity contribution in [2.45, 2.75) is 66.8 Å². The van der Waals surface area contributed by atoms with Gasteiger partial charge in [0.1, 0.15) is 0 Å². The Morgan fingerprint density at radius 1 is 0.806 bits per heavy atom. The van der Waals surface area contributed by atoms with Crippen molar-refractivity contribution in [2.24, 2.45) is 15.6 Å². The zero-order chi connectivity index (χ0) is 22.3. The second-order valence-electron chi connectivity index (χ2n) is 11.3. The molecule has 5 heteroatoms. The van der Waals surface area contributed by atoms with E-state index in [2.05, 4.69) is 86.9 Å². The van der Waals surface area contributed by atoms with Crippen LogP contribution in [0.15, 0.2) is 15.3 Å². The van der Waals surface area contributed by atoms with Crippen molar-refractivity contribution < 1.29 is 17.1 Å². The van der Waals surface area contributed by atoms with Crippen LogP contribution in [0.5, 0.6) is 0 Å². The van der Waals surface area contributed by atoms with Crippen LogP contribution in [0.3, 0.4) is 0 Å². The van der Waals surface area contributed by atoms with Gasteiger partial charge in [0.05, 0.1) is 21.8 Å². The largest absolute Gasteiger partial charge is 2.00 e. The number of hydrogen-bond donors (Lipinski definition) is 0. The summed E-state index contributed by atoms with van der Waals surface area (Å²) in [7, 11) is -0.468. The molecule has 1 nitrogen and oxygen atoms in total. The molecular weight excluding hydrogens is 472 g/mol. The van der Waals surface area contributed by atoms with Gasteiger partial charge in [-0.25, -0.2) is 0 Å². The average molecular weight is 509 g/mol. The Bertz CT molecular complexity index is 716. The molecule has 166 valence electrons. The number of allylic oxidation sites excluding steroid dienone is 1. The standard InChI is InChI=1S/C21H32NP2Si.C5H5.Fe/c1-20(2,3)17-16-15(14-12-10-11-13-14)18(25(7,8)9)24(22-17)19(23-16)21(4,5)6;1-2-4-5-3-1;/h10-13,16H,1-9H3;1-5H;/q;;+2. The van der Waals surface area contributed by atoms with Gasteiger partial charge in [-0.15, -0.1) is 0 Å². The van der Waals surface area contributed by atoms with E-state index in [1.807, 2.05) is 32.1 Å². The summed E-state index contributed by atoms with van der Waals surface area (Å²) in [5, 5.41) is 1.69. The van der Waals surface area contributed by atoms with Gasteiger partial charge in [0.2, 0.25) is 0 Å². The first-order valence-corrected chi connectivity index (χ1v) is 16.7. The maximum absolute atomic E-state index is 5.49. The van der Waals surface area contributed by atoms with Crippen molar-refractivity contribution >= 4 is 35.1 Å². The van der Waals surface area contributed by atoms with E-state index in [9.17, 15) is 0 Å². The third kappa shape index (κ3) is 6.45. The molecule has 0 saturated heterocycles. The first kappa shape index (κ1) is 28.0. The zero-order valence-corrected chi connectivity index (χ0v) is 24.4. The van der Waals surface area contributed by atoms with Crippen molar-refractivity contribution in [1.29, 1.82) is 0 Å². The van der Waals surface area contributed by atoms with E-state index >= 15 is 0 Å². The molecule has 2 aliphatic carbocycles. The smallest absolute Gasteiger partial charge is 0.260 e. The second-order valence-corrected chi connectivity index (χ2v) is 20.0. The fraction of sp³-hybridized carbons (Fsp3) is 0.462. The van der Waals surface area contributed by atoms with Gasteiger partial charge in [-0.1, -0.05) is 69.4 Å². The predicted octanol–water partition coefficient (Wildman–Crippen LogP) is 7.94. The minimum absolute atomic E-state index is 0. The summed E-state index contributed by atoms with van der Waals surface area (Å²) >= 11 is 0. The van der Waals surface area contributed by atoms with Gasteiger partial charge in [0.25, 0.3) is 0 Å². The molecule has 5 aliphatic rings. The summed E-state index contributed by atoms with van der Waals surface area (Å²) in [6, 6.07) is 0. The van der Waals surface area contributed by atoms with Gasteiger partial charge in [-0.2, -0.15) is 0 Å². The maximum atomic E-state index is 5.49. The second kappa shape index (κ2) is 10.6. The fourth-order valence-electron chi connectivity index (χ4n) is 4.01. The van der Waals surface area contributed by atoms with Crippen LogP contribution < -0.4 is 0 Å². The molecule has 0 spiro atoms. The van der Waals surface area contributed by atoms with Crippen molar-refractivity contribution in [1.82, 2.24) is 0 Å². The minimum atomic E-state index is -1.46. The summed E-state index contributed by atoms with van der Waals surface area (Å²) in [6.45, 7) is 21.7. The predicted molar refractivity (Wildman–Crippen MR) is 141 cm³/mol. The Morgan fingerprint density at radius 2 is 1.29 bits per heavy atom. The maximum Gasteiger partial charge on any atom is 2.00 e. The van der Waals surface area contributed by atoms with E-state index < -0.39 is 16.1 Å². The number of hydrogen-bond acceptors (Lipinski definition) is 1. The Morgan fingerprint density at radius 3 is 1.68 bits per heavy atom. The van der Waals surface area contributed by atoms with Gasteiger partial charge in [0.15, 0.2) is 0 Å². The van der Waals surface area contributed by atoms with Crippen molar-refractivity contribution in [3.05, 3.63) is 74.2 Å². The van der Waals surface area contributed by atoms with E-state index in [0.29, 0.717) is 5.66 Å². The monoisotopic (exact) mass is 509 g/mol. The third-order valence-corrected chi connectivity index (χ3v) is 14.4. The third-order valence-electron chi connectivity index (χ3n) is 5.34. The quantitative estimate of drug-likeness (QED) is 0.265. The first-order chi connectivity index (χ1) is 13.8. The van der Waals surface area contributed by atoms with Gasteiger partial charge < -0.3 is 0 Å². The first-order valence-electron chi connectivity index (χ1n) is 10.9. The van der Waals surface area contributed by atoms with Crippen LogP contribution in [-0.4, -0.2) is 24.5 Å². The van der Waals surface area contributed by atoms with E-state index in [0.717, 1.165) is 0 Å². The summed E-state index contributed by atoms with van der Waals surface area (Å²) < 4.78 is 5.49. The molecule has 2 saturated carbocycles. The molecule has 2 fully saturated rings. The van der Waals surface area contributed by atoms with Crippen LogP contribution in [0.4, 0.5) is 0 Å². The molecule has 31 heavy (non-hydrogen) atoms. The Kier molecular flexibility index (Phi) is 9.54. The molecule has 2 bridgehead atoms. The fourth-order valence-corrected chi connectivity index (χ4v) is 13.7. The molecular formula is C26H37FeNP2Si+2. The Labute approximate surface area is 208 Å². The molecule has 0 amide bonds. The molecule has 0 aromatic rings. The summed E-state index contributed by atoms with van der Waals surface area (Å²) in [5.74, 6) is 1.45. The summed E-state index contributed by atoms with van der Waals surface area (Å²) in [5.41, 5.74) is 3.91. The van der Waals surface area contributed by atoms with Crippen molar-refractivity contribution in [3.63, 3.8) is 0 Å². The SMILES string of the molecule is CC(C)(C)C1=NP2C(C(C)(C)C)=PC1C([C]1[CH][CH][CH][CH]1)=C2[Si](C)(C)C.[CH]1[CH][CH][CH][CH]1.[Fe+2]. The van der Waals surface area contributed by atoms with E-state index in [1.54, 1.807) is 15.5 Å². The molecule has 2 atom stereocenters. The van der Waals surface area contributed by atoms with Gasteiger partial charge in [-0.05, 0) is 73.7 Å². The van der Waals surface area contributed by atoms with Gasteiger partial charge in [0, 0.05) is 22.1 Å². The minimum Gasteiger partial charge on any atom is -0.260 e. The molecule has 3 aliphatic heterocycles. The summed E-state index contributed by atoms with van der Waals surface area (Å²) in [4.78, 5) is 1.75. The molecule has 10 radical (unpaired) electrons. The van der Waals surface area contributed by atoms with Crippen molar-refractivity contribution in [3.8, 4) is 0 Å². The van der Waals surface area contributed by atoms with Crippen LogP contribution in [-0.2, 0) is 17.1 Å². The van der Waals surface area contributed by atoms with E-state index in [-0.39, 0.29) is 27.9 Å². The average Bonchev–Trinajstić information content (AvgIpc) is 3.34. The Hall–Kier alpha value is 0.746. The molecule has 2 unspecified atom stereocenters. The summed E-state index contributed by atoms with van der Waals surface area (Å²) in [6.07, 6.45) is 19.0. The zero-order valence-electron chi connectivity index (χ0n) is 20.5.